The molecular weight excluding hydrogens is 416 g/mol. The molecule has 0 saturated heterocycles. The highest BCUT2D eigenvalue weighted by molar-refractivity contribution is 7.92. The monoisotopic (exact) mass is 444 g/mol. The Balaban J connectivity index is 2.20. The minimum absolute atomic E-state index is 0.0320. The topological polar surface area (TPSA) is 113 Å². The van der Waals surface area contributed by atoms with Gasteiger partial charge < -0.3 is 14.6 Å². The molecule has 2 rings (SSSR count). The highest BCUT2D eigenvalue weighted by Crippen LogP contribution is 2.23. The van der Waals surface area contributed by atoms with E-state index < -0.39 is 15.9 Å². The maximum atomic E-state index is 12.6. The molecule has 2 N–H and O–H groups in total. The minimum atomic E-state index is -3.38. The molecule has 1 heterocycles. The number of amides is 1. The third-order valence-corrected chi connectivity index (χ3v) is 6.14. The van der Waals surface area contributed by atoms with Gasteiger partial charge in [0.2, 0.25) is 10.0 Å². The summed E-state index contributed by atoms with van der Waals surface area (Å²) in [7, 11) is -1.73. The van der Waals surface area contributed by atoms with Crippen LogP contribution < -0.4 is 10.0 Å². The number of sulfonamides is 1. The molecule has 0 aliphatic heterocycles. The molecule has 0 saturated carbocycles. The number of carbonyl (C=O) groups is 1. The van der Waals surface area contributed by atoms with Gasteiger partial charge in [-0.2, -0.15) is 5.26 Å². The summed E-state index contributed by atoms with van der Waals surface area (Å²) in [5, 5.41) is 12.2. The van der Waals surface area contributed by atoms with Crippen molar-refractivity contribution in [2.24, 2.45) is 0 Å². The first-order valence-electron chi connectivity index (χ1n) is 9.82. The molecule has 8 nitrogen and oxygen atoms in total. The van der Waals surface area contributed by atoms with E-state index in [1.165, 1.54) is 0 Å². The second kappa shape index (κ2) is 10.3. The summed E-state index contributed by atoms with van der Waals surface area (Å²) in [4.78, 5) is 12.6. The number of nitrogens with zero attached hydrogens (tertiary/aromatic N) is 2. The van der Waals surface area contributed by atoms with E-state index >= 15 is 0 Å². The predicted octanol–water partition coefficient (Wildman–Crippen LogP) is 3.62. The number of methoxy groups -OCH3 is 1. The zero-order valence-corrected chi connectivity index (χ0v) is 19.2. The average molecular weight is 445 g/mol. The first-order chi connectivity index (χ1) is 14.6. The number of aromatic nitrogens is 1. The molecule has 0 spiro atoms. The normalized spacial score (nSPS) is 12.8. The minimum Gasteiger partial charge on any atom is -0.383 e. The summed E-state index contributed by atoms with van der Waals surface area (Å²) in [5.41, 5.74) is 3.55. The molecule has 9 heteroatoms. The Morgan fingerprint density at radius 2 is 1.87 bits per heavy atom. The fourth-order valence-corrected chi connectivity index (χ4v) is 3.96. The Bertz CT molecular complexity index is 1110. The van der Waals surface area contributed by atoms with Crippen molar-refractivity contribution in [2.75, 3.05) is 29.5 Å². The number of rotatable bonds is 9. The van der Waals surface area contributed by atoms with Crippen LogP contribution in [0, 0.1) is 25.2 Å². The van der Waals surface area contributed by atoms with Crippen LogP contribution in [0.4, 0.5) is 11.4 Å². The van der Waals surface area contributed by atoms with Gasteiger partial charge in [-0.15, -0.1) is 0 Å². The second-order valence-corrected chi connectivity index (χ2v) is 9.22. The van der Waals surface area contributed by atoms with E-state index in [9.17, 15) is 18.5 Å². The van der Waals surface area contributed by atoms with E-state index in [0.717, 1.165) is 17.0 Å². The van der Waals surface area contributed by atoms with Gasteiger partial charge in [-0.25, -0.2) is 8.42 Å². The molecule has 0 bridgehead atoms. The molecular formula is C22H28N4O4S. The van der Waals surface area contributed by atoms with Crippen LogP contribution in [0.2, 0.25) is 0 Å². The highest BCUT2D eigenvalue weighted by Gasteiger charge is 2.16. The van der Waals surface area contributed by atoms with Crippen LogP contribution >= 0.6 is 0 Å². The van der Waals surface area contributed by atoms with E-state index in [2.05, 4.69) is 14.6 Å². The van der Waals surface area contributed by atoms with Crippen LogP contribution in [-0.2, 0) is 19.6 Å². The first-order valence-corrected chi connectivity index (χ1v) is 11.5. The van der Waals surface area contributed by atoms with Gasteiger partial charge >= 0.3 is 0 Å². The zero-order chi connectivity index (χ0) is 23.2. The number of nitrogens with one attached hydrogen (secondary N) is 2. The zero-order valence-electron chi connectivity index (χ0n) is 18.4. The van der Waals surface area contributed by atoms with Crippen molar-refractivity contribution in [2.45, 2.75) is 33.7 Å². The Kier molecular flexibility index (Phi) is 8.02. The van der Waals surface area contributed by atoms with Crippen LogP contribution in [0.25, 0.3) is 6.08 Å². The van der Waals surface area contributed by atoms with E-state index in [4.69, 9.17) is 4.74 Å². The first kappa shape index (κ1) is 24.2. The van der Waals surface area contributed by atoms with E-state index in [0.29, 0.717) is 18.0 Å². The summed E-state index contributed by atoms with van der Waals surface area (Å²) < 4.78 is 33.0. The smallest absolute Gasteiger partial charge is 0.266 e. The molecule has 0 aliphatic rings. The quantitative estimate of drug-likeness (QED) is 0.453. The Morgan fingerprint density at radius 3 is 2.42 bits per heavy atom. The molecule has 166 valence electrons. The third kappa shape index (κ3) is 6.20. The van der Waals surface area contributed by atoms with Crippen molar-refractivity contribution >= 4 is 33.4 Å². The number of aryl methyl sites for hydroxylation is 1. The van der Waals surface area contributed by atoms with Crippen LogP contribution in [0.3, 0.4) is 0 Å². The fourth-order valence-electron chi connectivity index (χ4n) is 3.32. The van der Waals surface area contributed by atoms with Crippen LogP contribution in [0.5, 0.6) is 0 Å². The van der Waals surface area contributed by atoms with Crippen LogP contribution in [-0.4, -0.2) is 38.4 Å². The average Bonchev–Trinajstić information content (AvgIpc) is 3.00. The van der Waals surface area contributed by atoms with Gasteiger partial charge in [0, 0.05) is 29.9 Å². The molecule has 1 amide bonds. The number of nitriles is 1. The third-order valence-electron chi connectivity index (χ3n) is 4.83. The van der Waals surface area contributed by atoms with Crippen molar-refractivity contribution in [3.8, 4) is 6.07 Å². The Morgan fingerprint density at radius 1 is 1.26 bits per heavy atom. The standard InChI is InChI=1S/C22H28N4O4S/c1-6-31(28,29)25-21-9-7-20(8-10-21)24-22(27)19(13-23)12-18-11-15(2)26(17(18)4)16(3)14-30-5/h7-12,16,25H,6,14H2,1-5H3,(H,24,27)/b19-12+/t16-/m0/s1. The maximum Gasteiger partial charge on any atom is 0.266 e. The molecule has 1 aromatic heterocycles. The number of benzene rings is 1. The van der Waals surface area contributed by atoms with Gasteiger partial charge in [-0.05, 0) is 69.7 Å². The van der Waals surface area contributed by atoms with E-state index in [1.54, 1.807) is 44.4 Å². The van der Waals surface area contributed by atoms with Crippen molar-refractivity contribution in [3.05, 3.63) is 52.9 Å². The summed E-state index contributed by atoms with van der Waals surface area (Å²) >= 11 is 0. The molecule has 0 fully saturated rings. The van der Waals surface area contributed by atoms with Gasteiger partial charge in [0.1, 0.15) is 11.6 Å². The Hall–Kier alpha value is -3.09. The van der Waals surface area contributed by atoms with Gasteiger partial charge in [-0.3, -0.25) is 9.52 Å². The fraction of sp³-hybridized carbons (Fsp3) is 0.364. The van der Waals surface area contributed by atoms with Gasteiger partial charge in [-0.1, -0.05) is 0 Å². The maximum absolute atomic E-state index is 12.6. The number of carbonyl (C=O) groups excluding carboxylic acids is 1. The molecule has 31 heavy (non-hydrogen) atoms. The van der Waals surface area contributed by atoms with Gasteiger partial charge in [0.25, 0.3) is 5.91 Å². The lowest BCUT2D eigenvalue weighted by molar-refractivity contribution is -0.112. The van der Waals surface area contributed by atoms with Crippen LogP contribution in [0.1, 0.15) is 36.8 Å². The van der Waals surface area contributed by atoms with Crippen molar-refractivity contribution < 1.29 is 17.9 Å². The summed E-state index contributed by atoms with van der Waals surface area (Å²) in [6.45, 7) is 8.04. The molecule has 0 aliphatic carbocycles. The van der Waals surface area contributed by atoms with E-state index in [1.807, 2.05) is 32.9 Å². The largest absolute Gasteiger partial charge is 0.383 e. The number of hydrogen-bond acceptors (Lipinski definition) is 5. The number of hydrogen-bond donors (Lipinski definition) is 2. The lowest BCUT2D eigenvalue weighted by Crippen LogP contribution is -2.15. The lowest BCUT2D eigenvalue weighted by Gasteiger charge is -2.17. The van der Waals surface area contributed by atoms with Crippen molar-refractivity contribution in [3.63, 3.8) is 0 Å². The lowest BCUT2D eigenvalue weighted by atomic mass is 10.1. The molecule has 0 radical (unpaired) electrons. The van der Waals surface area contributed by atoms with Gasteiger partial charge in [0.05, 0.1) is 18.4 Å². The summed E-state index contributed by atoms with van der Waals surface area (Å²) in [6.07, 6.45) is 1.57. The number of anilines is 2. The molecule has 2 aromatic rings. The van der Waals surface area contributed by atoms with Gasteiger partial charge in [0.15, 0.2) is 0 Å². The summed E-state index contributed by atoms with van der Waals surface area (Å²) in [6, 6.07) is 10.2. The van der Waals surface area contributed by atoms with Crippen molar-refractivity contribution in [1.82, 2.24) is 4.57 Å². The summed E-state index contributed by atoms with van der Waals surface area (Å²) in [5.74, 6) is -0.578. The molecule has 1 atom stereocenters. The van der Waals surface area contributed by atoms with E-state index in [-0.39, 0.29) is 17.4 Å². The second-order valence-electron chi connectivity index (χ2n) is 7.21. The molecule has 1 aromatic carbocycles. The van der Waals surface area contributed by atoms with Crippen molar-refractivity contribution in [1.29, 1.82) is 5.26 Å². The van der Waals surface area contributed by atoms with Crippen LogP contribution in [0.15, 0.2) is 35.9 Å². The molecule has 0 unspecified atom stereocenters. The number of ether oxygens (including phenoxy) is 1. The predicted molar refractivity (Wildman–Crippen MR) is 122 cm³/mol. The SMILES string of the molecule is CCS(=O)(=O)Nc1ccc(NC(=O)/C(C#N)=C/c2cc(C)n([C@@H](C)COC)c2C)cc1. The Labute approximate surface area is 183 Å². The highest BCUT2D eigenvalue weighted by atomic mass is 32.2.